The lowest BCUT2D eigenvalue weighted by Gasteiger charge is -2.16. The van der Waals surface area contributed by atoms with Crippen LogP contribution < -0.4 is 10.1 Å². The molecule has 21 heavy (non-hydrogen) atoms. The van der Waals surface area contributed by atoms with E-state index in [0.717, 1.165) is 15.6 Å². The van der Waals surface area contributed by atoms with Gasteiger partial charge in [0.2, 0.25) is 0 Å². The number of amides is 1. The first-order chi connectivity index (χ1) is 10.1. The molecular formula is C17H18BrNO2. The van der Waals surface area contributed by atoms with Gasteiger partial charge in [-0.1, -0.05) is 51.8 Å². The van der Waals surface area contributed by atoms with Crippen molar-refractivity contribution in [3.63, 3.8) is 0 Å². The van der Waals surface area contributed by atoms with Crippen LogP contribution in [0.1, 0.15) is 24.1 Å². The Morgan fingerprint density at radius 2 is 1.86 bits per heavy atom. The van der Waals surface area contributed by atoms with Gasteiger partial charge < -0.3 is 10.1 Å². The molecule has 0 heterocycles. The van der Waals surface area contributed by atoms with Gasteiger partial charge in [0.25, 0.3) is 5.91 Å². The fourth-order valence-corrected chi connectivity index (χ4v) is 2.60. The van der Waals surface area contributed by atoms with Crippen molar-refractivity contribution < 1.29 is 9.53 Å². The maximum Gasteiger partial charge on any atom is 0.258 e. The summed E-state index contributed by atoms with van der Waals surface area (Å²) in [6.07, 6.45) is 0. The van der Waals surface area contributed by atoms with E-state index in [1.54, 1.807) is 0 Å². The van der Waals surface area contributed by atoms with E-state index in [4.69, 9.17) is 4.74 Å². The van der Waals surface area contributed by atoms with Gasteiger partial charge in [0, 0.05) is 4.47 Å². The summed E-state index contributed by atoms with van der Waals surface area (Å²) in [7, 11) is 0. The van der Waals surface area contributed by atoms with Crippen molar-refractivity contribution in [3.8, 4) is 5.75 Å². The summed E-state index contributed by atoms with van der Waals surface area (Å²) in [5.41, 5.74) is 2.20. The summed E-state index contributed by atoms with van der Waals surface area (Å²) in [4.78, 5) is 11.9. The van der Waals surface area contributed by atoms with Crippen molar-refractivity contribution in [1.29, 1.82) is 0 Å². The van der Waals surface area contributed by atoms with Crippen molar-refractivity contribution >= 4 is 21.8 Å². The first kappa shape index (κ1) is 15.6. The molecule has 0 aliphatic carbocycles. The molecule has 0 saturated carbocycles. The number of hydrogen-bond donors (Lipinski definition) is 1. The minimum absolute atomic E-state index is 0.0118. The Morgan fingerprint density at radius 1 is 1.19 bits per heavy atom. The number of carbonyl (C=O) groups is 1. The van der Waals surface area contributed by atoms with Gasteiger partial charge in [-0.15, -0.1) is 0 Å². The number of rotatable bonds is 5. The topological polar surface area (TPSA) is 38.3 Å². The molecule has 0 fully saturated rings. The zero-order valence-electron chi connectivity index (χ0n) is 12.1. The highest BCUT2D eigenvalue weighted by Crippen LogP contribution is 2.22. The molecule has 0 radical (unpaired) electrons. The Labute approximate surface area is 133 Å². The summed E-state index contributed by atoms with van der Waals surface area (Å²) in [5.74, 6) is 0.558. The van der Waals surface area contributed by atoms with Gasteiger partial charge in [-0.3, -0.25) is 4.79 Å². The number of benzene rings is 2. The average molecular weight is 348 g/mol. The molecule has 0 aromatic heterocycles. The molecule has 2 rings (SSSR count). The van der Waals surface area contributed by atoms with E-state index in [0.29, 0.717) is 5.75 Å². The number of aryl methyl sites for hydroxylation is 1. The van der Waals surface area contributed by atoms with Gasteiger partial charge in [0.15, 0.2) is 6.61 Å². The van der Waals surface area contributed by atoms with Crippen LogP contribution >= 0.6 is 15.9 Å². The van der Waals surface area contributed by atoms with Crippen molar-refractivity contribution in [3.05, 3.63) is 64.1 Å². The molecule has 4 heteroatoms. The predicted molar refractivity (Wildman–Crippen MR) is 87.4 cm³/mol. The maximum atomic E-state index is 11.9. The summed E-state index contributed by atoms with van der Waals surface area (Å²) in [6, 6.07) is 15.4. The van der Waals surface area contributed by atoms with Gasteiger partial charge in [-0.25, -0.2) is 0 Å². The fraction of sp³-hybridized carbons (Fsp3) is 0.235. The second-order valence-electron chi connectivity index (χ2n) is 4.91. The van der Waals surface area contributed by atoms with Gasteiger partial charge >= 0.3 is 0 Å². The van der Waals surface area contributed by atoms with Crippen LogP contribution in [0.4, 0.5) is 0 Å². The van der Waals surface area contributed by atoms with E-state index in [9.17, 15) is 4.79 Å². The van der Waals surface area contributed by atoms with E-state index in [1.807, 2.05) is 62.4 Å². The molecule has 3 nitrogen and oxygen atoms in total. The van der Waals surface area contributed by atoms with E-state index in [2.05, 4.69) is 21.2 Å². The van der Waals surface area contributed by atoms with Crippen molar-refractivity contribution in [2.75, 3.05) is 6.61 Å². The number of carbonyl (C=O) groups excluding carboxylic acids is 1. The highest BCUT2D eigenvalue weighted by molar-refractivity contribution is 9.10. The number of ether oxygens (including phenoxy) is 1. The first-order valence-corrected chi connectivity index (χ1v) is 7.59. The predicted octanol–water partition coefficient (Wildman–Crippen LogP) is 4.01. The average Bonchev–Trinajstić information content (AvgIpc) is 2.47. The van der Waals surface area contributed by atoms with Crippen molar-refractivity contribution in [2.45, 2.75) is 19.9 Å². The van der Waals surface area contributed by atoms with E-state index >= 15 is 0 Å². The number of nitrogens with one attached hydrogen (secondary N) is 1. The molecule has 0 aliphatic rings. The van der Waals surface area contributed by atoms with Crippen molar-refractivity contribution in [2.24, 2.45) is 0 Å². The third-order valence-corrected chi connectivity index (χ3v) is 3.86. The second-order valence-corrected chi connectivity index (χ2v) is 5.77. The standard InChI is InChI=1S/C17H18BrNO2/c1-12-7-9-14(10-8-12)21-11-17(20)19-13(2)15-5-3-4-6-16(15)18/h3-10,13H,11H2,1-2H3,(H,19,20). The monoisotopic (exact) mass is 347 g/mol. The minimum Gasteiger partial charge on any atom is -0.484 e. The molecule has 0 saturated heterocycles. The molecular weight excluding hydrogens is 330 g/mol. The summed E-state index contributed by atoms with van der Waals surface area (Å²) >= 11 is 3.49. The lowest BCUT2D eigenvalue weighted by Crippen LogP contribution is -2.31. The van der Waals surface area contributed by atoms with Gasteiger partial charge in [0.05, 0.1) is 6.04 Å². The second kappa shape index (κ2) is 7.27. The summed E-state index contributed by atoms with van der Waals surface area (Å²) in [6.45, 7) is 3.97. The van der Waals surface area contributed by atoms with Crippen LogP contribution in [0.3, 0.4) is 0 Å². The number of halogens is 1. The molecule has 2 aromatic carbocycles. The van der Waals surface area contributed by atoms with Gasteiger partial charge in [-0.2, -0.15) is 0 Å². The number of hydrogen-bond acceptors (Lipinski definition) is 2. The Kier molecular flexibility index (Phi) is 5.39. The van der Waals surface area contributed by atoms with E-state index < -0.39 is 0 Å². The third-order valence-electron chi connectivity index (χ3n) is 3.14. The van der Waals surface area contributed by atoms with Crippen LogP contribution in [0.2, 0.25) is 0 Å². The highest BCUT2D eigenvalue weighted by atomic mass is 79.9. The Balaban J connectivity index is 1.87. The molecule has 1 unspecified atom stereocenters. The van der Waals surface area contributed by atoms with Crippen LogP contribution in [0, 0.1) is 6.92 Å². The summed E-state index contributed by atoms with van der Waals surface area (Å²) < 4.78 is 6.45. The lowest BCUT2D eigenvalue weighted by molar-refractivity contribution is -0.123. The van der Waals surface area contributed by atoms with Crippen LogP contribution in [0.25, 0.3) is 0 Å². The molecule has 0 bridgehead atoms. The largest absolute Gasteiger partial charge is 0.484 e. The minimum atomic E-state index is -0.140. The van der Waals surface area contributed by atoms with Crippen LogP contribution in [-0.2, 0) is 4.79 Å². The zero-order valence-corrected chi connectivity index (χ0v) is 13.7. The first-order valence-electron chi connectivity index (χ1n) is 6.79. The van der Waals surface area contributed by atoms with E-state index in [-0.39, 0.29) is 18.6 Å². The summed E-state index contributed by atoms with van der Waals surface area (Å²) in [5, 5.41) is 2.92. The molecule has 0 aliphatic heterocycles. The zero-order chi connectivity index (χ0) is 15.2. The van der Waals surface area contributed by atoms with Crippen molar-refractivity contribution in [1.82, 2.24) is 5.32 Å². The maximum absolute atomic E-state index is 11.9. The normalized spacial score (nSPS) is 11.8. The Bertz CT molecular complexity index is 610. The fourth-order valence-electron chi connectivity index (χ4n) is 1.97. The Morgan fingerprint density at radius 3 is 2.52 bits per heavy atom. The Hall–Kier alpha value is -1.81. The van der Waals surface area contributed by atoms with Gasteiger partial charge in [0.1, 0.15) is 5.75 Å². The highest BCUT2D eigenvalue weighted by Gasteiger charge is 2.12. The smallest absolute Gasteiger partial charge is 0.258 e. The van der Waals surface area contributed by atoms with Crippen LogP contribution in [0.5, 0.6) is 5.75 Å². The molecule has 1 amide bonds. The van der Waals surface area contributed by atoms with Gasteiger partial charge in [-0.05, 0) is 37.6 Å². The van der Waals surface area contributed by atoms with E-state index in [1.165, 1.54) is 0 Å². The lowest BCUT2D eigenvalue weighted by atomic mass is 10.1. The SMILES string of the molecule is Cc1ccc(OCC(=O)NC(C)c2ccccc2Br)cc1. The van der Waals surface area contributed by atoms with Crippen LogP contribution in [0.15, 0.2) is 53.0 Å². The molecule has 110 valence electrons. The molecule has 2 aromatic rings. The third kappa shape index (κ3) is 4.60. The molecule has 1 atom stereocenters. The molecule has 1 N–H and O–H groups in total. The molecule has 0 spiro atoms. The van der Waals surface area contributed by atoms with Crippen LogP contribution in [-0.4, -0.2) is 12.5 Å². The quantitative estimate of drug-likeness (QED) is 0.887.